The Labute approximate surface area is 151 Å². The lowest BCUT2D eigenvalue weighted by atomic mass is 10.1. The van der Waals surface area contributed by atoms with Gasteiger partial charge < -0.3 is 19.7 Å². The van der Waals surface area contributed by atoms with Crippen molar-refractivity contribution in [1.29, 1.82) is 0 Å². The molecule has 0 unspecified atom stereocenters. The molecular formula is C20H32N2O3. The molecule has 5 nitrogen and oxygen atoms in total. The molecule has 140 valence electrons. The fourth-order valence-corrected chi connectivity index (χ4v) is 3.50. The third-order valence-electron chi connectivity index (χ3n) is 5.17. The van der Waals surface area contributed by atoms with E-state index in [1.54, 1.807) is 14.2 Å². The monoisotopic (exact) mass is 348 g/mol. The van der Waals surface area contributed by atoms with Crippen LogP contribution in [0.2, 0.25) is 0 Å². The summed E-state index contributed by atoms with van der Waals surface area (Å²) in [6.07, 6.45) is 6.45. The van der Waals surface area contributed by atoms with Crippen LogP contribution in [0.3, 0.4) is 0 Å². The Morgan fingerprint density at radius 3 is 2.44 bits per heavy atom. The second-order valence-corrected chi connectivity index (χ2v) is 6.71. The first kappa shape index (κ1) is 19.4. The van der Waals surface area contributed by atoms with Crippen LogP contribution in [0, 0.1) is 0 Å². The first-order chi connectivity index (χ1) is 12.1. The van der Waals surface area contributed by atoms with Gasteiger partial charge in [0.2, 0.25) is 0 Å². The van der Waals surface area contributed by atoms with Crippen molar-refractivity contribution in [2.24, 2.45) is 0 Å². The number of carbonyl (C=O) groups is 1. The fraction of sp³-hybridized carbons (Fsp3) is 0.650. The number of rotatable bonds is 8. The number of nitrogens with one attached hydrogen (secondary N) is 1. The average molecular weight is 348 g/mol. The number of amides is 2. The lowest BCUT2D eigenvalue weighted by Gasteiger charge is -2.31. The van der Waals surface area contributed by atoms with E-state index in [2.05, 4.69) is 19.2 Å². The van der Waals surface area contributed by atoms with Crippen LogP contribution >= 0.6 is 0 Å². The molecule has 1 aromatic carbocycles. The lowest BCUT2D eigenvalue weighted by molar-refractivity contribution is 0.166. The van der Waals surface area contributed by atoms with Gasteiger partial charge in [0, 0.05) is 23.7 Å². The van der Waals surface area contributed by atoms with E-state index in [0.29, 0.717) is 12.6 Å². The molecule has 0 bridgehead atoms. The maximum absolute atomic E-state index is 12.9. The Balaban J connectivity index is 2.20. The van der Waals surface area contributed by atoms with Crippen molar-refractivity contribution in [1.82, 2.24) is 10.2 Å². The van der Waals surface area contributed by atoms with E-state index < -0.39 is 0 Å². The first-order valence-corrected chi connectivity index (χ1v) is 9.40. The predicted octanol–water partition coefficient (Wildman–Crippen LogP) is 4.35. The molecule has 1 fully saturated rings. The van der Waals surface area contributed by atoms with Crippen molar-refractivity contribution < 1.29 is 14.3 Å². The third kappa shape index (κ3) is 5.03. The van der Waals surface area contributed by atoms with E-state index >= 15 is 0 Å². The van der Waals surface area contributed by atoms with Crippen LogP contribution in [0.1, 0.15) is 57.9 Å². The number of methoxy groups -OCH3 is 2. The van der Waals surface area contributed by atoms with Crippen molar-refractivity contribution in [3.63, 3.8) is 0 Å². The summed E-state index contributed by atoms with van der Waals surface area (Å²) in [7, 11) is 3.30. The lowest BCUT2D eigenvalue weighted by Crippen LogP contribution is -2.48. The summed E-state index contributed by atoms with van der Waals surface area (Å²) in [5.74, 6) is 1.52. The highest BCUT2D eigenvalue weighted by Gasteiger charge is 2.28. The van der Waals surface area contributed by atoms with E-state index in [1.807, 2.05) is 23.1 Å². The minimum atomic E-state index is 0.0403. The van der Waals surface area contributed by atoms with Crippen molar-refractivity contribution >= 4 is 6.03 Å². The normalized spacial score (nSPS) is 14.6. The van der Waals surface area contributed by atoms with Crippen LogP contribution in [-0.2, 0) is 6.54 Å². The summed E-state index contributed by atoms with van der Waals surface area (Å²) >= 11 is 0. The smallest absolute Gasteiger partial charge is 0.318 e. The number of nitrogens with zero attached hydrogens (tertiary/aromatic N) is 1. The number of carbonyl (C=O) groups excluding carboxylic acids is 1. The molecule has 5 heteroatoms. The highest BCUT2D eigenvalue weighted by Crippen LogP contribution is 2.30. The molecule has 1 saturated carbocycles. The summed E-state index contributed by atoms with van der Waals surface area (Å²) in [6, 6.07) is 6.36. The molecule has 1 aliphatic carbocycles. The van der Waals surface area contributed by atoms with E-state index in [9.17, 15) is 4.79 Å². The van der Waals surface area contributed by atoms with Gasteiger partial charge in [0.1, 0.15) is 11.5 Å². The van der Waals surface area contributed by atoms with E-state index in [4.69, 9.17) is 9.47 Å². The Bertz CT molecular complexity index is 552. The minimum Gasteiger partial charge on any atom is -0.497 e. The first-order valence-electron chi connectivity index (χ1n) is 9.40. The van der Waals surface area contributed by atoms with Gasteiger partial charge >= 0.3 is 6.03 Å². The van der Waals surface area contributed by atoms with E-state index in [1.165, 1.54) is 12.8 Å². The zero-order valence-electron chi connectivity index (χ0n) is 16.0. The number of benzene rings is 1. The molecule has 0 saturated heterocycles. The van der Waals surface area contributed by atoms with Gasteiger partial charge in [-0.05, 0) is 37.8 Å². The SMILES string of the molecule is CCC(CC)NC(=O)N(Cc1ccc(OC)cc1OC)C1CCCC1. The van der Waals surface area contributed by atoms with Crippen LogP contribution in [-0.4, -0.2) is 37.2 Å². The standard InChI is InChI=1S/C20H32N2O3/c1-5-16(6-2)21-20(23)22(17-9-7-8-10-17)14-15-11-12-18(24-3)13-19(15)25-4/h11-13,16-17H,5-10,14H2,1-4H3,(H,21,23). The zero-order chi connectivity index (χ0) is 18.2. The average Bonchev–Trinajstić information content (AvgIpc) is 3.18. The summed E-state index contributed by atoms with van der Waals surface area (Å²) in [5.41, 5.74) is 1.01. The minimum absolute atomic E-state index is 0.0403. The molecule has 1 aromatic rings. The van der Waals surface area contributed by atoms with Crippen LogP contribution in [0.15, 0.2) is 18.2 Å². The van der Waals surface area contributed by atoms with Crippen LogP contribution in [0.5, 0.6) is 11.5 Å². The molecule has 0 atom stereocenters. The molecule has 0 radical (unpaired) electrons. The highest BCUT2D eigenvalue weighted by atomic mass is 16.5. The van der Waals surface area contributed by atoms with Crippen LogP contribution in [0.25, 0.3) is 0 Å². The highest BCUT2D eigenvalue weighted by molar-refractivity contribution is 5.75. The second kappa shape index (κ2) is 9.54. The Morgan fingerprint density at radius 1 is 1.20 bits per heavy atom. The van der Waals surface area contributed by atoms with Crippen molar-refractivity contribution in [3.8, 4) is 11.5 Å². The number of urea groups is 1. The molecule has 0 aliphatic heterocycles. The Kier molecular flexibility index (Phi) is 7.41. The summed E-state index contributed by atoms with van der Waals surface area (Å²) in [4.78, 5) is 14.9. The second-order valence-electron chi connectivity index (χ2n) is 6.71. The van der Waals surface area contributed by atoms with Crippen LogP contribution < -0.4 is 14.8 Å². The molecular weight excluding hydrogens is 316 g/mol. The van der Waals surface area contributed by atoms with E-state index in [0.717, 1.165) is 42.7 Å². The molecule has 1 aliphatic rings. The fourth-order valence-electron chi connectivity index (χ4n) is 3.50. The van der Waals surface area contributed by atoms with Gasteiger partial charge in [0.05, 0.1) is 20.8 Å². The van der Waals surface area contributed by atoms with Gasteiger partial charge in [-0.1, -0.05) is 26.7 Å². The van der Waals surface area contributed by atoms with Crippen molar-refractivity contribution in [2.45, 2.75) is 71.0 Å². The van der Waals surface area contributed by atoms with Crippen molar-refractivity contribution in [3.05, 3.63) is 23.8 Å². The predicted molar refractivity (Wildman–Crippen MR) is 100 cm³/mol. The molecule has 0 aromatic heterocycles. The largest absolute Gasteiger partial charge is 0.497 e. The van der Waals surface area contributed by atoms with Gasteiger partial charge in [0.25, 0.3) is 0 Å². The molecule has 0 spiro atoms. The van der Waals surface area contributed by atoms with Gasteiger partial charge in [-0.15, -0.1) is 0 Å². The molecule has 2 rings (SSSR count). The van der Waals surface area contributed by atoms with Gasteiger partial charge in [-0.3, -0.25) is 0 Å². The van der Waals surface area contributed by atoms with Gasteiger partial charge in [-0.25, -0.2) is 4.79 Å². The van der Waals surface area contributed by atoms with E-state index in [-0.39, 0.29) is 12.1 Å². The molecule has 2 amide bonds. The molecule has 0 heterocycles. The van der Waals surface area contributed by atoms with Crippen LogP contribution in [0.4, 0.5) is 4.79 Å². The maximum Gasteiger partial charge on any atom is 0.318 e. The molecule has 25 heavy (non-hydrogen) atoms. The van der Waals surface area contributed by atoms with Gasteiger partial charge in [-0.2, -0.15) is 0 Å². The summed E-state index contributed by atoms with van der Waals surface area (Å²) < 4.78 is 10.8. The number of hydrogen-bond acceptors (Lipinski definition) is 3. The quantitative estimate of drug-likeness (QED) is 0.760. The summed E-state index contributed by atoms with van der Waals surface area (Å²) in [6.45, 7) is 4.78. The molecule has 1 N–H and O–H groups in total. The van der Waals surface area contributed by atoms with Gasteiger partial charge in [0.15, 0.2) is 0 Å². The summed E-state index contributed by atoms with van der Waals surface area (Å²) in [5, 5.41) is 3.20. The zero-order valence-corrected chi connectivity index (χ0v) is 16.0. The Hall–Kier alpha value is -1.91. The van der Waals surface area contributed by atoms with Crippen molar-refractivity contribution in [2.75, 3.05) is 14.2 Å². The topological polar surface area (TPSA) is 50.8 Å². The third-order valence-corrected chi connectivity index (χ3v) is 5.17. The Morgan fingerprint density at radius 2 is 1.88 bits per heavy atom. The maximum atomic E-state index is 12.9. The number of hydrogen-bond donors (Lipinski definition) is 1. The number of ether oxygens (including phenoxy) is 2.